The molecule has 0 radical (unpaired) electrons. The molecule has 3 nitrogen and oxygen atoms in total. The van der Waals surface area contributed by atoms with Crippen LogP contribution in [0, 0.1) is 20.8 Å². The van der Waals surface area contributed by atoms with Crippen LogP contribution in [0.5, 0.6) is 0 Å². The zero-order valence-corrected chi connectivity index (χ0v) is 14.3. The second kappa shape index (κ2) is 7.29. The second-order valence-corrected chi connectivity index (χ2v) is 7.52. The molecule has 0 fully saturated rings. The van der Waals surface area contributed by atoms with Gasteiger partial charge in [0.2, 0.25) is 0 Å². The lowest BCUT2D eigenvalue weighted by atomic mass is 10.1. The Bertz CT molecular complexity index is 526. The van der Waals surface area contributed by atoms with Crippen molar-refractivity contribution in [2.24, 2.45) is 0 Å². The molecule has 5 heteroatoms. The molecular weight excluding hydrogens is 286 g/mol. The molecule has 2 aromatic heterocycles. The smallest absolute Gasteiger partial charge is 0.0946 e. The minimum atomic E-state index is 0.432. The van der Waals surface area contributed by atoms with Crippen molar-refractivity contribution in [2.45, 2.75) is 53.0 Å². The Morgan fingerprint density at radius 2 is 2.00 bits per heavy atom. The Kier molecular flexibility index (Phi) is 5.69. The Balaban J connectivity index is 2.02. The summed E-state index contributed by atoms with van der Waals surface area (Å²) in [6.07, 6.45) is 3.14. The van der Waals surface area contributed by atoms with Crippen LogP contribution >= 0.6 is 22.7 Å². The van der Waals surface area contributed by atoms with E-state index in [1.807, 2.05) is 11.3 Å². The maximum absolute atomic E-state index is 4.67. The van der Waals surface area contributed by atoms with Crippen molar-refractivity contribution in [3.8, 4) is 0 Å². The van der Waals surface area contributed by atoms with Gasteiger partial charge in [-0.2, -0.15) is 0 Å². The molecule has 1 atom stereocenters. The summed E-state index contributed by atoms with van der Waals surface area (Å²) in [6.45, 7) is 9.56. The van der Waals surface area contributed by atoms with Crippen LogP contribution in [0.2, 0.25) is 0 Å². The molecule has 0 aliphatic rings. The molecule has 0 saturated heterocycles. The highest BCUT2D eigenvalue weighted by molar-refractivity contribution is 7.11. The number of aryl methyl sites for hydroxylation is 3. The van der Waals surface area contributed by atoms with Crippen molar-refractivity contribution in [2.75, 3.05) is 6.54 Å². The monoisotopic (exact) mass is 309 g/mol. The minimum absolute atomic E-state index is 0.432. The number of nitrogens with zero attached hydrogens (tertiary/aromatic N) is 2. The molecule has 1 unspecified atom stereocenters. The third kappa shape index (κ3) is 4.36. The highest BCUT2D eigenvalue weighted by Gasteiger charge is 2.14. The Morgan fingerprint density at radius 1 is 1.20 bits per heavy atom. The van der Waals surface area contributed by atoms with E-state index in [-0.39, 0.29) is 0 Å². The van der Waals surface area contributed by atoms with Gasteiger partial charge in [-0.3, -0.25) is 0 Å². The predicted molar refractivity (Wildman–Crippen MR) is 87.9 cm³/mol. The highest BCUT2D eigenvalue weighted by Crippen LogP contribution is 2.19. The topological polar surface area (TPSA) is 37.8 Å². The van der Waals surface area contributed by atoms with E-state index in [0.717, 1.165) is 30.8 Å². The number of hydrogen-bond acceptors (Lipinski definition) is 5. The summed E-state index contributed by atoms with van der Waals surface area (Å²) < 4.78 is 0. The number of nitrogens with one attached hydrogen (secondary N) is 1. The van der Waals surface area contributed by atoms with E-state index in [1.54, 1.807) is 11.3 Å². The Hall–Kier alpha value is -0.780. The lowest BCUT2D eigenvalue weighted by Gasteiger charge is -2.16. The molecule has 20 heavy (non-hydrogen) atoms. The van der Waals surface area contributed by atoms with Gasteiger partial charge >= 0.3 is 0 Å². The Labute approximate surface area is 129 Å². The molecular formula is C15H23N3S2. The summed E-state index contributed by atoms with van der Waals surface area (Å²) in [4.78, 5) is 10.6. The molecule has 110 valence electrons. The first-order valence-corrected chi connectivity index (χ1v) is 8.85. The molecule has 0 bridgehead atoms. The van der Waals surface area contributed by atoms with E-state index in [4.69, 9.17) is 0 Å². The van der Waals surface area contributed by atoms with E-state index in [2.05, 4.69) is 48.4 Å². The molecule has 2 heterocycles. The lowest BCUT2D eigenvalue weighted by molar-refractivity contribution is 0.500. The fourth-order valence-electron chi connectivity index (χ4n) is 2.16. The van der Waals surface area contributed by atoms with Gasteiger partial charge in [-0.05, 0) is 33.7 Å². The predicted octanol–water partition coefficient (Wildman–Crippen LogP) is 3.68. The van der Waals surface area contributed by atoms with Crippen molar-refractivity contribution < 1.29 is 0 Å². The van der Waals surface area contributed by atoms with E-state index in [1.165, 1.54) is 21.3 Å². The quantitative estimate of drug-likeness (QED) is 0.848. The van der Waals surface area contributed by atoms with Gasteiger partial charge in [0.25, 0.3) is 0 Å². The van der Waals surface area contributed by atoms with Gasteiger partial charge in [0.15, 0.2) is 0 Å². The van der Waals surface area contributed by atoms with E-state index in [0.29, 0.717) is 6.04 Å². The first-order valence-electron chi connectivity index (χ1n) is 7.15. The van der Waals surface area contributed by atoms with Crippen LogP contribution in [0.4, 0.5) is 0 Å². The van der Waals surface area contributed by atoms with Gasteiger partial charge in [0, 0.05) is 29.1 Å². The van der Waals surface area contributed by atoms with Crippen LogP contribution in [-0.2, 0) is 12.8 Å². The minimum Gasteiger partial charge on any atom is -0.313 e. The summed E-state index contributed by atoms with van der Waals surface area (Å²) in [7, 11) is 0. The van der Waals surface area contributed by atoms with Crippen LogP contribution in [0.3, 0.4) is 0 Å². The van der Waals surface area contributed by atoms with Gasteiger partial charge in [-0.15, -0.1) is 22.7 Å². The largest absolute Gasteiger partial charge is 0.313 e. The normalized spacial score (nSPS) is 12.8. The van der Waals surface area contributed by atoms with Crippen LogP contribution in [0.15, 0.2) is 5.38 Å². The fraction of sp³-hybridized carbons (Fsp3) is 0.600. The van der Waals surface area contributed by atoms with Crippen LogP contribution in [-0.4, -0.2) is 22.6 Å². The van der Waals surface area contributed by atoms with E-state index >= 15 is 0 Å². The first kappa shape index (κ1) is 15.6. The van der Waals surface area contributed by atoms with Crippen molar-refractivity contribution in [3.63, 3.8) is 0 Å². The van der Waals surface area contributed by atoms with Gasteiger partial charge in [0.05, 0.1) is 21.4 Å². The van der Waals surface area contributed by atoms with Crippen molar-refractivity contribution in [1.29, 1.82) is 0 Å². The number of aromatic nitrogens is 2. The Morgan fingerprint density at radius 3 is 2.55 bits per heavy atom. The third-order valence-corrected chi connectivity index (χ3v) is 5.22. The van der Waals surface area contributed by atoms with E-state index in [9.17, 15) is 0 Å². The summed E-state index contributed by atoms with van der Waals surface area (Å²) in [5.41, 5.74) is 2.37. The maximum Gasteiger partial charge on any atom is 0.0946 e. The fourth-order valence-corrected chi connectivity index (χ4v) is 3.80. The molecule has 2 aromatic rings. The summed E-state index contributed by atoms with van der Waals surface area (Å²) in [5.74, 6) is 0. The van der Waals surface area contributed by atoms with Gasteiger partial charge in [-0.1, -0.05) is 6.92 Å². The van der Waals surface area contributed by atoms with Crippen LogP contribution in [0.1, 0.15) is 39.6 Å². The highest BCUT2D eigenvalue weighted by atomic mass is 32.1. The average Bonchev–Trinajstić information content (AvgIpc) is 2.93. The molecule has 0 aliphatic heterocycles. The lowest BCUT2D eigenvalue weighted by Crippen LogP contribution is -2.33. The number of rotatable bonds is 7. The maximum atomic E-state index is 4.67. The van der Waals surface area contributed by atoms with Gasteiger partial charge in [-0.25, -0.2) is 9.97 Å². The molecule has 0 aliphatic carbocycles. The van der Waals surface area contributed by atoms with Gasteiger partial charge in [0.1, 0.15) is 0 Å². The molecule has 0 saturated carbocycles. The molecule has 1 N–H and O–H groups in total. The third-order valence-electron chi connectivity index (χ3n) is 3.30. The van der Waals surface area contributed by atoms with Crippen LogP contribution < -0.4 is 5.32 Å². The zero-order chi connectivity index (χ0) is 14.5. The molecule has 0 aromatic carbocycles. The van der Waals surface area contributed by atoms with Crippen molar-refractivity contribution in [1.82, 2.24) is 15.3 Å². The van der Waals surface area contributed by atoms with Crippen molar-refractivity contribution in [3.05, 3.63) is 31.7 Å². The summed E-state index contributed by atoms with van der Waals surface area (Å²) in [5, 5.41) is 8.20. The molecule has 2 rings (SSSR count). The number of thiazole rings is 2. The van der Waals surface area contributed by atoms with Crippen molar-refractivity contribution >= 4 is 22.7 Å². The second-order valence-electron chi connectivity index (χ2n) is 5.17. The zero-order valence-electron chi connectivity index (χ0n) is 12.7. The van der Waals surface area contributed by atoms with E-state index < -0.39 is 0 Å². The summed E-state index contributed by atoms with van der Waals surface area (Å²) in [6, 6.07) is 0.432. The number of hydrogen-bond donors (Lipinski definition) is 1. The summed E-state index contributed by atoms with van der Waals surface area (Å²) >= 11 is 3.55. The standard InChI is InChI=1S/C15H23N3S2/c1-5-6-16-13(7-14-9-19-12(4)18-14)8-15-17-10(2)11(3)20-15/h9,13,16H,5-8H2,1-4H3. The average molecular weight is 310 g/mol. The first-order chi connectivity index (χ1) is 9.58. The SMILES string of the molecule is CCCNC(Cc1csc(C)n1)Cc1nc(C)c(C)s1. The molecule has 0 amide bonds. The molecule has 0 spiro atoms. The van der Waals surface area contributed by atoms with Gasteiger partial charge < -0.3 is 5.32 Å². The van der Waals surface area contributed by atoms with Crippen LogP contribution in [0.25, 0.3) is 0 Å².